The van der Waals surface area contributed by atoms with E-state index in [4.69, 9.17) is 16.7 Å². The third-order valence-corrected chi connectivity index (χ3v) is 3.39. The monoisotopic (exact) mass is 247 g/mol. The zero-order valence-corrected chi connectivity index (χ0v) is 10.1. The molecule has 0 aliphatic carbocycles. The van der Waals surface area contributed by atoms with E-state index in [9.17, 15) is 4.79 Å². The second kappa shape index (κ2) is 6.10. The Labute approximate surface area is 98.1 Å². The summed E-state index contributed by atoms with van der Waals surface area (Å²) < 4.78 is 0.773. The molecule has 0 saturated heterocycles. The van der Waals surface area contributed by atoms with Gasteiger partial charge in [0.2, 0.25) is 0 Å². The van der Waals surface area contributed by atoms with E-state index in [0.29, 0.717) is 13.0 Å². The predicted molar refractivity (Wildman–Crippen MR) is 62.8 cm³/mol. The van der Waals surface area contributed by atoms with Crippen LogP contribution in [0.1, 0.15) is 18.2 Å². The van der Waals surface area contributed by atoms with Crippen molar-refractivity contribution in [2.45, 2.75) is 25.8 Å². The number of halogens is 1. The first-order valence-electron chi connectivity index (χ1n) is 4.84. The Morgan fingerprint density at radius 3 is 2.87 bits per heavy atom. The first kappa shape index (κ1) is 12.5. The number of carboxylic acids is 1. The van der Waals surface area contributed by atoms with Crippen LogP contribution in [0.5, 0.6) is 0 Å². The molecular formula is C10H14ClNO2S. The molecule has 1 aromatic heterocycles. The van der Waals surface area contributed by atoms with Crippen LogP contribution in [0, 0.1) is 0 Å². The molecule has 5 heteroatoms. The fourth-order valence-corrected chi connectivity index (χ4v) is 2.35. The van der Waals surface area contributed by atoms with E-state index in [1.807, 2.05) is 19.1 Å². The third kappa shape index (κ3) is 4.20. The summed E-state index contributed by atoms with van der Waals surface area (Å²) >= 11 is 7.32. The van der Waals surface area contributed by atoms with Gasteiger partial charge in [0.05, 0.1) is 4.34 Å². The van der Waals surface area contributed by atoms with Gasteiger partial charge in [-0.2, -0.15) is 0 Å². The lowest BCUT2D eigenvalue weighted by Crippen LogP contribution is -2.37. The topological polar surface area (TPSA) is 49.3 Å². The Morgan fingerprint density at radius 1 is 1.67 bits per heavy atom. The van der Waals surface area contributed by atoms with Crippen LogP contribution in [0.3, 0.4) is 0 Å². The molecule has 2 N–H and O–H groups in total. The molecule has 1 aromatic rings. The third-order valence-electron chi connectivity index (χ3n) is 2.10. The van der Waals surface area contributed by atoms with Gasteiger partial charge in [0.15, 0.2) is 0 Å². The van der Waals surface area contributed by atoms with Crippen molar-refractivity contribution in [3.05, 3.63) is 21.3 Å². The highest BCUT2D eigenvalue weighted by Crippen LogP contribution is 2.21. The van der Waals surface area contributed by atoms with E-state index in [-0.39, 0.29) is 0 Å². The highest BCUT2D eigenvalue weighted by molar-refractivity contribution is 7.16. The van der Waals surface area contributed by atoms with Gasteiger partial charge in [0, 0.05) is 11.4 Å². The van der Waals surface area contributed by atoms with Gasteiger partial charge < -0.3 is 10.4 Å². The molecule has 1 unspecified atom stereocenters. The lowest BCUT2D eigenvalue weighted by molar-refractivity contribution is -0.139. The van der Waals surface area contributed by atoms with E-state index in [0.717, 1.165) is 10.8 Å². The summed E-state index contributed by atoms with van der Waals surface area (Å²) in [5.41, 5.74) is 0. The molecule has 0 spiro atoms. The summed E-state index contributed by atoms with van der Waals surface area (Å²) in [5, 5.41) is 11.8. The lowest BCUT2D eigenvalue weighted by Gasteiger charge is -2.10. The smallest absolute Gasteiger partial charge is 0.320 e. The molecule has 0 aliphatic heterocycles. The van der Waals surface area contributed by atoms with Gasteiger partial charge in [-0.15, -0.1) is 11.3 Å². The number of carbonyl (C=O) groups is 1. The predicted octanol–water partition coefficient (Wildman–Crippen LogP) is 2.40. The molecule has 15 heavy (non-hydrogen) atoms. The molecule has 84 valence electrons. The second-order valence-corrected chi connectivity index (χ2v) is 5.01. The van der Waals surface area contributed by atoms with Crippen LogP contribution in [0.25, 0.3) is 0 Å². The van der Waals surface area contributed by atoms with Crippen molar-refractivity contribution in [2.75, 3.05) is 6.54 Å². The Kier molecular flexibility index (Phi) is 5.08. The Balaban J connectivity index is 2.29. The zero-order valence-electron chi connectivity index (χ0n) is 8.50. The number of carboxylic acid groups (broad SMARTS) is 1. The fraction of sp³-hybridized carbons (Fsp3) is 0.500. The van der Waals surface area contributed by atoms with E-state index < -0.39 is 12.0 Å². The van der Waals surface area contributed by atoms with Gasteiger partial charge in [0.25, 0.3) is 0 Å². The van der Waals surface area contributed by atoms with Crippen molar-refractivity contribution in [3.8, 4) is 0 Å². The van der Waals surface area contributed by atoms with Crippen molar-refractivity contribution < 1.29 is 9.90 Å². The molecule has 0 bridgehead atoms. The molecule has 1 rings (SSSR count). The normalized spacial score (nSPS) is 12.7. The van der Waals surface area contributed by atoms with Gasteiger partial charge in [-0.3, -0.25) is 4.79 Å². The standard InChI is InChI=1S/C10H14ClNO2S/c1-2-8(10(13)14)12-6-5-7-3-4-9(11)15-7/h3-4,8,12H,2,5-6H2,1H3,(H,13,14). The Morgan fingerprint density at radius 2 is 2.40 bits per heavy atom. The first-order chi connectivity index (χ1) is 7.13. The van der Waals surface area contributed by atoms with Crippen molar-refractivity contribution in [2.24, 2.45) is 0 Å². The minimum atomic E-state index is -0.790. The van der Waals surface area contributed by atoms with Crippen molar-refractivity contribution in [1.29, 1.82) is 0 Å². The van der Waals surface area contributed by atoms with Crippen LogP contribution in [-0.4, -0.2) is 23.7 Å². The maximum Gasteiger partial charge on any atom is 0.320 e. The summed E-state index contributed by atoms with van der Waals surface area (Å²) in [6, 6.07) is 3.38. The number of rotatable bonds is 6. The second-order valence-electron chi connectivity index (χ2n) is 3.21. The molecular weight excluding hydrogens is 234 g/mol. The van der Waals surface area contributed by atoms with Gasteiger partial charge in [-0.25, -0.2) is 0 Å². The Bertz CT molecular complexity index is 327. The number of nitrogens with one attached hydrogen (secondary N) is 1. The lowest BCUT2D eigenvalue weighted by atomic mass is 10.2. The average molecular weight is 248 g/mol. The van der Waals surface area contributed by atoms with Crippen LogP contribution in [0.4, 0.5) is 0 Å². The highest BCUT2D eigenvalue weighted by Gasteiger charge is 2.13. The van der Waals surface area contributed by atoms with Crippen molar-refractivity contribution in [1.82, 2.24) is 5.32 Å². The molecule has 1 atom stereocenters. The van der Waals surface area contributed by atoms with Gasteiger partial charge >= 0.3 is 5.97 Å². The number of hydrogen-bond acceptors (Lipinski definition) is 3. The maximum absolute atomic E-state index is 10.7. The Hall–Kier alpha value is -0.580. The highest BCUT2D eigenvalue weighted by atomic mass is 35.5. The van der Waals surface area contributed by atoms with Crippen molar-refractivity contribution >= 4 is 28.9 Å². The molecule has 0 aliphatic rings. The van der Waals surface area contributed by atoms with Crippen LogP contribution in [-0.2, 0) is 11.2 Å². The molecule has 1 heterocycles. The zero-order chi connectivity index (χ0) is 11.3. The first-order valence-corrected chi connectivity index (χ1v) is 6.03. The summed E-state index contributed by atoms with van der Waals surface area (Å²) in [6.45, 7) is 2.52. The largest absolute Gasteiger partial charge is 0.480 e. The number of hydrogen-bond donors (Lipinski definition) is 2. The van der Waals surface area contributed by atoms with Crippen molar-refractivity contribution in [3.63, 3.8) is 0 Å². The van der Waals surface area contributed by atoms with E-state index in [1.165, 1.54) is 16.2 Å². The molecule has 0 fully saturated rings. The molecule has 0 saturated carbocycles. The average Bonchev–Trinajstić information content (AvgIpc) is 2.58. The molecule has 0 aromatic carbocycles. The van der Waals surface area contributed by atoms with Gasteiger partial charge in [-0.1, -0.05) is 18.5 Å². The minimum Gasteiger partial charge on any atom is -0.480 e. The summed E-state index contributed by atoms with van der Waals surface area (Å²) in [7, 11) is 0. The number of aliphatic carboxylic acids is 1. The van der Waals surface area contributed by atoms with Crippen LogP contribution in [0.15, 0.2) is 12.1 Å². The number of thiophene rings is 1. The minimum absolute atomic E-state index is 0.444. The van der Waals surface area contributed by atoms with E-state index >= 15 is 0 Å². The quantitative estimate of drug-likeness (QED) is 0.812. The summed E-state index contributed by atoms with van der Waals surface area (Å²) in [6.07, 6.45) is 1.42. The summed E-state index contributed by atoms with van der Waals surface area (Å²) in [5.74, 6) is -0.790. The SMILES string of the molecule is CCC(NCCc1ccc(Cl)s1)C(=O)O. The van der Waals surface area contributed by atoms with E-state index in [1.54, 1.807) is 0 Å². The van der Waals surface area contributed by atoms with Gasteiger partial charge in [0.1, 0.15) is 6.04 Å². The van der Waals surface area contributed by atoms with Crippen LogP contribution in [0.2, 0.25) is 4.34 Å². The maximum atomic E-state index is 10.7. The van der Waals surface area contributed by atoms with Gasteiger partial charge in [-0.05, 0) is 25.0 Å². The summed E-state index contributed by atoms with van der Waals surface area (Å²) in [4.78, 5) is 11.9. The molecule has 0 radical (unpaired) electrons. The fourth-order valence-electron chi connectivity index (χ4n) is 1.26. The van der Waals surface area contributed by atoms with Crippen LogP contribution < -0.4 is 5.32 Å². The van der Waals surface area contributed by atoms with Crippen LogP contribution >= 0.6 is 22.9 Å². The molecule has 3 nitrogen and oxygen atoms in total. The molecule has 0 amide bonds. The van der Waals surface area contributed by atoms with E-state index in [2.05, 4.69) is 5.32 Å².